The zero-order valence-corrected chi connectivity index (χ0v) is 13.5. The highest BCUT2D eigenvalue weighted by molar-refractivity contribution is 6.13. The van der Waals surface area contributed by atoms with Crippen molar-refractivity contribution in [3.63, 3.8) is 0 Å². The van der Waals surface area contributed by atoms with Crippen molar-refractivity contribution in [1.29, 1.82) is 0 Å². The lowest BCUT2D eigenvalue weighted by molar-refractivity contribution is -0.137. The maximum absolute atomic E-state index is 11.6. The molecule has 1 rings (SSSR count). The lowest BCUT2D eigenvalue weighted by atomic mass is 10.3. The summed E-state index contributed by atoms with van der Waals surface area (Å²) in [6.45, 7) is 2.79. The highest BCUT2D eigenvalue weighted by Gasteiger charge is 2.23. The Bertz CT molecular complexity index is 479. The Morgan fingerprint density at radius 3 is 2.25 bits per heavy atom. The van der Waals surface area contributed by atoms with Crippen LogP contribution in [-0.2, 0) is 28.6 Å². The smallest absolute Gasteiger partial charge is 0.253 e. The average molecular weight is 338 g/mol. The van der Waals surface area contributed by atoms with Gasteiger partial charge >= 0.3 is 0 Å². The fraction of sp³-hybridized carbons (Fsp3) is 0.562. The fourth-order valence-corrected chi connectivity index (χ4v) is 1.79. The largest absolute Gasteiger partial charge is 0.377 e. The Morgan fingerprint density at radius 2 is 1.62 bits per heavy atom. The third kappa shape index (κ3) is 8.43. The lowest BCUT2D eigenvalue weighted by Crippen LogP contribution is -2.35. The van der Waals surface area contributed by atoms with Crippen molar-refractivity contribution in [1.82, 2.24) is 10.2 Å². The monoisotopic (exact) mass is 338 g/mol. The van der Waals surface area contributed by atoms with E-state index in [1.807, 2.05) is 0 Å². The predicted octanol–water partition coefficient (Wildman–Crippen LogP) is -0.899. The third-order valence-corrected chi connectivity index (χ3v) is 2.96. The van der Waals surface area contributed by atoms with Crippen molar-refractivity contribution in [2.24, 2.45) is 0 Å². The molecule has 0 aliphatic carbocycles. The van der Waals surface area contributed by atoms with Crippen molar-refractivity contribution in [3.8, 4) is 12.3 Å². The van der Waals surface area contributed by atoms with Crippen LogP contribution in [0.15, 0.2) is 12.2 Å². The quantitative estimate of drug-likeness (QED) is 0.266. The van der Waals surface area contributed by atoms with Gasteiger partial charge in [0.1, 0.15) is 6.61 Å². The van der Waals surface area contributed by atoms with Gasteiger partial charge in [-0.15, -0.1) is 6.42 Å². The van der Waals surface area contributed by atoms with E-state index >= 15 is 0 Å². The number of terminal acetylenes is 1. The Labute approximate surface area is 141 Å². The van der Waals surface area contributed by atoms with Crippen LogP contribution in [0.4, 0.5) is 0 Å². The molecule has 0 aromatic heterocycles. The molecule has 132 valence electrons. The van der Waals surface area contributed by atoms with Crippen LogP contribution in [0.25, 0.3) is 0 Å². The zero-order valence-electron chi connectivity index (χ0n) is 13.5. The van der Waals surface area contributed by atoms with Crippen molar-refractivity contribution >= 4 is 17.7 Å². The number of hydrogen-bond acceptors (Lipinski definition) is 6. The van der Waals surface area contributed by atoms with Crippen LogP contribution < -0.4 is 5.32 Å². The second-order valence-electron chi connectivity index (χ2n) is 4.74. The summed E-state index contributed by atoms with van der Waals surface area (Å²) in [5.41, 5.74) is 0. The molecule has 0 radical (unpaired) electrons. The molecule has 24 heavy (non-hydrogen) atoms. The van der Waals surface area contributed by atoms with Crippen LogP contribution >= 0.6 is 0 Å². The first-order chi connectivity index (χ1) is 11.6. The fourth-order valence-electron chi connectivity index (χ4n) is 1.79. The molecule has 0 atom stereocenters. The number of rotatable bonds is 13. The molecule has 0 bridgehead atoms. The average Bonchev–Trinajstić information content (AvgIpc) is 2.89. The van der Waals surface area contributed by atoms with Gasteiger partial charge in [-0.05, 0) is 0 Å². The van der Waals surface area contributed by atoms with Gasteiger partial charge in [-0.3, -0.25) is 19.3 Å². The maximum atomic E-state index is 11.6. The van der Waals surface area contributed by atoms with Gasteiger partial charge in [0.2, 0.25) is 5.91 Å². The standard InChI is InChI=1S/C16H22N2O6/c1-2-8-22-10-12-24-13-11-23-9-6-17-14(19)5-7-18-15(20)3-4-16(18)21/h1,3-4H,5-13H2,(H,17,19). The Kier molecular flexibility index (Phi) is 10.1. The van der Waals surface area contributed by atoms with Crippen molar-refractivity contribution in [2.45, 2.75) is 6.42 Å². The molecule has 0 fully saturated rings. The Hall–Kier alpha value is -2.21. The molecule has 0 unspecified atom stereocenters. The topological polar surface area (TPSA) is 94.2 Å². The molecule has 0 spiro atoms. The molecule has 1 aliphatic heterocycles. The molecule has 1 N–H and O–H groups in total. The highest BCUT2D eigenvalue weighted by Crippen LogP contribution is 2.03. The van der Waals surface area contributed by atoms with Crippen LogP contribution in [0.5, 0.6) is 0 Å². The van der Waals surface area contributed by atoms with Gasteiger partial charge in [0.15, 0.2) is 0 Å². The number of amides is 3. The highest BCUT2D eigenvalue weighted by atomic mass is 16.5. The van der Waals surface area contributed by atoms with Crippen LogP contribution in [0, 0.1) is 12.3 Å². The molecule has 0 aromatic rings. The van der Waals surface area contributed by atoms with Gasteiger partial charge in [-0.1, -0.05) is 5.92 Å². The summed E-state index contributed by atoms with van der Waals surface area (Å²) < 4.78 is 15.6. The first kappa shape index (κ1) is 19.8. The summed E-state index contributed by atoms with van der Waals surface area (Å²) >= 11 is 0. The Balaban J connectivity index is 1.89. The van der Waals surface area contributed by atoms with E-state index in [1.165, 1.54) is 12.2 Å². The van der Waals surface area contributed by atoms with Gasteiger partial charge in [-0.25, -0.2) is 0 Å². The minimum absolute atomic E-state index is 0.0694. The van der Waals surface area contributed by atoms with Gasteiger partial charge in [0, 0.05) is 31.7 Å². The second-order valence-corrected chi connectivity index (χ2v) is 4.74. The number of carbonyl (C=O) groups is 3. The first-order valence-corrected chi connectivity index (χ1v) is 7.62. The third-order valence-electron chi connectivity index (χ3n) is 2.96. The van der Waals surface area contributed by atoms with E-state index in [2.05, 4.69) is 11.2 Å². The van der Waals surface area contributed by atoms with E-state index in [-0.39, 0.29) is 37.3 Å². The minimum atomic E-state index is -0.388. The molecule has 8 nitrogen and oxygen atoms in total. The van der Waals surface area contributed by atoms with E-state index in [4.69, 9.17) is 20.6 Å². The summed E-state index contributed by atoms with van der Waals surface area (Å²) in [5.74, 6) is 1.34. The zero-order chi connectivity index (χ0) is 17.6. The molecular formula is C16H22N2O6. The number of imide groups is 1. The summed E-state index contributed by atoms with van der Waals surface area (Å²) in [5, 5.41) is 2.65. The van der Waals surface area contributed by atoms with E-state index < -0.39 is 0 Å². The van der Waals surface area contributed by atoms with Crippen molar-refractivity contribution in [3.05, 3.63) is 12.2 Å². The molecule has 8 heteroatoms. The van der Waals surface area contributed by atoms with Gasteiger partial charge in [-0.2, -0.15) is 0 Å². The van der Waals surface area contributed by atoms with E-state index in [9.17, 15) is 14.4 Å². The summed E-state index contributed by atoms with van der Waals surface area (Å²) in [7, 11) is 0. The number of nitrogens with one attached hydrogen (secondary N) is 1. The van der Waals surface area contributed by atoms with Crippen molar-refractivity contribution in [2.75, 3.05) is 52.7 Å². The normalized spacial score (nSPS) is 13.4. The Morgan fingerprint density at radius 1 is 1.04 bits per heavy atom. The van der Waals surface area contributed by atoms with E-state index in [0.717, 1.165) is 4.90 Å². The van der Waals surface area contributed by atoms with Gasteiger partial charge in [0.25, 0.3) is 11.8 Å². The van der Waals surface area contributed by atoms with Gasteiger partial charge < -0.3 is 19.5 Å². The number of carbonyl (C=O) groups excluding carboxylic acids is 3. The van der Waals surface area contributed by atoms with E-state index in [1.54, 1.807) is 0 Å². The number of nitrogens with zero attached hydrogens (tertiary/aromatic N) is 1. The maximum Gasteiger partial charge on any atom is 0.253 e. The lowest BCUT2D eigenvalue weighted by Gasteiger charge is -2.13. The van der Waals surface area contributed by atoms with Crippen LogP contribution in [-0.4, -0.2) is 75.4 Å². The molecule has 1 aliphatic rings. The van der Waals surface area contributed by atoms with E-state index in [0.29, 0.717) is 39.6 Å². The summed E-state index contributed by atoms with van der Waals surface area (Å²) in [4.78, 5) is 35.2. The molecule has 0 aromatic carbocycles. The molecular weight excluding hydrogens is 316 g/mol. The number of ether oxygens (including phenoxy) is 3. The number of hydrogen-bond donors (Lipinski definition) is 1. The predicted molar refractivity (Wildman–Crippen MR) is 84.8 cm³/mol. The van der Waals surface area contributed by atoms with Crippen LogP contribution in [0.1, 0.15) is 6.42 Å². The summed E-state index contributed by atoms with van der Waals surface area (Å²) in [6, 6.07) is 0. The summed E-state index contributed by atoms with van der Waals surface area (Å²) in [6.07, 6.45) is 7.47. The first-order valence-electron chi connectivity index (χ1n) is 7.62. The minimum Gasteiger partial charge on any atom is -0.377 e. The van der Waals surface area contributed by atoms with Crippen LogP contribution in [0.3, 0.4) is 0 Å². The molecule has 3 amide bonds. The molecule has 1 heterocycles. The van der Waals surface area contributed by atoms with Crippen molar-refractivity contribution < 1.29 is 28.6 Å². The molecule has 0 saturated carbocycles. The molecule has 0 saturated heterocycles. The van der Waals surface area contributed by atoms with Gasteiger partial charge in [0.05, 0.1) is 33.0 Å². The van der Waals surface area contributed by atoms with Crippen LogP contribution in [0.2, 0.25) is 0 Å². The second kappa shape index (κ2) is 12.2. The SMILES string of the molecule is C#CCOCCOCCOCCNC(=O)CCN1C(=O)C=CC1=O.